The van der Waals surface area contributed by atoms with Gasteiger partial charge in [0.15, 0.2) is 0 Å². The minimum Gasteiger partial charge on any atom is -0.481 e. The number of carbonyl (C=O) groups excluding carboxylic acids is 1. The maximum Gasteiger partial charge on any atom is 0.313 e. The molecule has 0 saturated heterocycles. The van der Waals surface area contributed by atoms with E-state index in [4.69, 9.17) is 0 Å². The topological polar surface area (TPSA) is 66.4 Å². The fraction of sp³-hybridized carbons (Fsp3) is 0.500. The van der Waals surface area contributed by atoms with E-state index in [-0.39, 0.29) is 5.91 Å². The largest absolute Gasteiger partial charge is 0.481 e. The Morgan fingerprint density at radius 2 is 1.80 bits per heavy atom. The third-order valence-electron chi connectivity index (χ3n) is 4.67. The SMILES string of the molecule is O=C1NC2(CCCCCC2)C(C(=O)O)c2ccccc21. The van der Waals surface area contributed by atoms with E-state index < -0.39 is 17.4 Å². The minimum absolute atomic E-state index is 0.125. The van der Waals surface area contributed by atoms with E-state index in [1.54, 1.807) is 18.2 Å². The molecule has 4 nitrogen and oxygen atoms in total. The summed E-state index contributed by atoms with van der Waals surface area (Å²) >= 11 is 0. The summed E-state index contributed by atoms with van der Waals surface area (Å²) in [6.07, 6.45) is 5.70. The number of amides is 1. The molecule has 0 radical (unpaired) electrons. The summed E-state index contributed by atoms with van der Waals surface area (Å²) in [5.74, 6) is -1.59. The molecule has 1 unspecified atom stereocenters. The monoisotopic (exact) mass is 273 g/mol. The predicted octanol–water partition coefficient (Wildman–Crippen LogP) is 2.69. The predicted molar refractivity (Wildman–Crippen MR) is 74.7 cm³/mol. The van der Waals surface area contributed by atoms with Crippen LogP contribution >= 0.6 is 0 Å². The molecule has 1 heterocycles. The number of rotatable bonds is 1. The molecule has 1 aromatic rings. The Balaban J connectivity index is 2.12. The van der Waals surface area contributed by atoms with Gasteiger partial charge in [0.2, 0.25) is 0 Å². The highest BCUT2D eigenvalue weighted by Gasteiger charge is 2.49. The Kier molecular flexibility index (Phi) is 3.24. The van der Waals surface area contributed by atoms with Crippen molar-refractivity contribution in [3.05, 3.63) is 35.4 Å². The number of carbonyl (C=O) groups is 2. The van der Waals surface area contributed by atoms with Crippen LogP contribution in [-0.2, 0) is 4.79 Å². The van der Waals surface area contributed by atoms with Crippen LogP contribution in [0.25, 0.3) is 0 Å². The molecule has 1 aliphatic carbocycles. The van der Waals surface area contributed by atoms with Gasteiger partial charge in [0.1, 0.15) is 5.92 Å². The summed E-state index contributed by atoms with van der Waals surface area (Å²) in [5.41, 5.74) is 0.578. The third kappa shape index (κ3) is 1.99. The number of carboxylic acids is 1. The number of nitrogens with one attached hydrogen (secondary N) is 1. The van der Waals surface area contributed by atoms with Gasteiger partial charge in [-0.05, 0) is 24.5 Å². The van der Waals surface area contributed by atoms with Gasteiger partial charge in [-0.1, -0.05) is 43.9 Å². The van der Waals surface area contributed by atoms with E-state index in [9.17, 15) is 14.7 Å². The average Bonchev–Trinajstić information content (AvgIpc) is 2.64. The molecule has 1 aromatic carbocycles. The molecule has 1 aliphatic heterocycles. The maximum atomic E-state index is 12.3. The van der Waals surface area contributed by atoms with Crippen LogP contribution in [-0.4, -0.2) is 22.5 Å². The lowest BCUT2D eigenvalue weighted by molar-refractivity contribution is -0.141. The third-order valence-corrected chi connectivity index (χ3v) is 4.67. The number of fused-ring (bicyclic) bond motifs is 1. The fourth-order valence-corrected chi connectivity index (χ4v) is 3.76. The average molecular weight is 273 g/mol. The van der Waals surface area contributed by atoms with Crippen LogP contribution in [0.1, 0.15) is 60.4 Å². The molecule has 0 bridgehead atoms. The van der Waals surface area contributed by atoms with Crippen molar-refractivity contribution in [3.63, 3.8) is 0 Å². The van der Waals surface area contributed by atoms with Crippen molar-refractivity contribution in [1.82, 2.24) is 5.32 Å². The highest BCUT2D eigenvalue weighted by atomic mass is 16.4. The lowest BCUT2D eigenvalue weighted by Gasteiger charge is -2.43. The van der Waals surface area contributed by atoms with E-state index in [2.05, 4.69) is 5.32 Å². The normalized spacial score (nSPS) is 24.6. The van der Waals surface area contributed by atoms with Gasteiger partial charge >= 0.3 is 5.97 Å². The highest BCUT2D eigenvalue weighted by Crippen LogP contribution is 2.43. The van der Waals surface area contributed by atoms with Gasteiger partial charge in [-0.25, -0.2) is 0 Å². The van der Waals surface area contributed by atoms with Crippen LogP contribution in [0.2, 0.25) is 0 Å². The van der Waals surface area contributed by atoms with Crippen LogP contribution in [0, 0.1) is 0 Å². The molecule has 0 aromatic heterocycles. The molecule has 3 rings (SSSR count). The van der Waals surface area contributed by atoms with Crippen molar-refractivity contribution in [3.8, 4) is 0 Å². The Morgan fingerprint density at radius 1 is 1.15 bits per heavy atom. The Bertz CT molecular complexity index is 544. The lowest BCUT2D eigenvalue weighted by Crippen LogP contribution is -2.58. The standard InChI is InChI=1S/C16H19NO3/c18-14-12-8-4-3-7-11(12)13(15(19)20)16(17-14)9-5-1-2-6-10-16/h3-4,7-8,13H,1-2,5-6,9-10H2,(H,17,18)(H,19,20). The van der Waals surface area contributed by atoms with E-state index >= 15 is 0 Å². The molecule has 1 saturated carbocycles. The second-order valence-electron chi connectivity index (χ2n) is 5.88. The number of benzene rings is 1. The van der Waals surface area contributed by atoms with Gasteiger partial charge in [-0.2, -0.15) is 0 Å². The van der Waals surface area contributed by atoms with Crippen molar-refractivity contribution in [2.75, 3.05) is 0 Å². The van der Waals surface area contributed by atoms with Gasteiger partial charge in [0, 0.05) is 5.56 Å². The molecule has 1 atom stereocenters. The molecule has 1 amide bonds. The van der Waals surface area contributed by atoms with Crippen LogP contribution in [0.15, 0.2) is 24.3 Å². The minimum atomic E-state index is -0.834. The van der Waals surface area contributed by atoms with Crippen molar-refractivity contribution in [2.45, 2.75) is 50.0 Å². The molecular formula is C16H19NO3. The summed E-state index contributed by atoms with van der Waals surface area (Å²) in [5, 5.41) is 12.8. The van der Waals surface area contributed by atoms with Crippen molar-refractivity contribution in [1.29, 1.82) is 0 Å². The van der Waals surface area contributed by atoms with Crippen LogP contribution in [0.4, 0.5) is 0 Å². The van der Waals surface area contributed by atoms with Crippen LogP contribution < -0.4 is 5.32 Å². The molecular weight excluding hydrogens is 254 g/mol. The summed E-state index contributed by atoms with van der Waals surface area (Å²) in [4.78, 5) is 24.2. The smallest absolute Gasteiger partial charge is 0.313 e. The Labute approximate surface area is 118 Å². The van der Waals surface area contributed by atoms with Crippen LogP contribution in [0.5, 0.6) is 0 Å². The van der Waals surface area contributed by atoms with Gasteiger partial charge in [-0.3, -0.25) is 9.59 Å². The molecule has 2 N–H and O–H groups in total. The van der Waals surface area contributed by atoms with Crippen molar-refractivity contribution in [2.24, 2.45) is 0 Å². The van der Waals surface area contributed by atoms with Gasteiger partial charge < -0.3 is 10.4 Å². The molecule has 4 heteroatoms. The Hall–Kier alpha value is -1.84. The first kappa shape index (κ1) is 13.2. The van der Waals surface area contributed by atoms with Gasteiger partial charge in [0.05, 0.1) is 5.54 Å². The second-order valence-corrected chi connectivity index (χ2v) is 5.88. The summed E-state index contributed by atoms with van der Waals surface area (Å²) in [7, 11) is 0. The number of aliphatic carboxylic acids is 1. The quantitative estimate of drug-likeness (QED) is 0.826. The van der Waals surface area contributed by atoms with Gasteiger partial charge in [-0.15, -0.1) is 0 Å². The van der Waals surface area contributed by atoms with E-state index in [1.165, 1.54) is 0 Å². The summed E-state index contributed by atoms with van der Waals surface area (Å²) < 4.78 is 0. The van der Waals surface area contributed by atoms with E-state index in [0.29, 0.717) is 11.1 Å². The first-order valence-electron chi connectivity index (χ1n) is 7.28. The zero-order valence-electron chi connectivity index (χ0n) is 11.4. The summed E-state index contributed by atoms with van der Waals surface area (Å²) in [6, 6.07) is 7.10. The second kappa shape index (κ2) is 4.93. The number of carboxylic acid groups (broad SMARTS) is 1. The summed E-state index contributed by atoms with van der Waals surface area (Å²) in [6.45, 7) is 0. The molecule has 106 valence electrons. The maximum absolute atomic E-state index is 12.3. The van der Waals surface area contributed by atoms with E-state index in [0.717, 1.165) is 38.5 Å². The first-order chi connectivity index (χ1) is 9.64. The zero-order chi connectivity index (χ0) is 14.2. The number of hydrogen-bond donors (Lipinski definition) is 2. The molecule has 1 fully saturated rings. The first-order valence-corrected chi connectivity index (χ1v) is 7.28. The molecule has 2 aliphatic rings. The lowest BCUT2D eigenvalue weighted by atomic mass is 9.70. The number of hydrogen-bond acceptors (Lipinski definition) is 2. The zero-order valence-corrected chi connectivity index (χ0v) is 11.4. The van der Waals surface area contributed by atoms with E-state index in [1.807, 2.05) is 6.07 Å². The van der Waals surface area contributed by atoms with Crippen molar-refractivity contribution >= 4 is 11.9 Å². The molecule has 1 spiro atoms. The van der Waals surface area contributed by atoms with Crippen LogP contribution in [0.3, 0.4) is 0 Å². The molecule has 20 heavy (non-hydrogen) atoms. The Morgan fingerprint density at radius 3 is 2.45 bits per heavy atom. The van der Waals surface area contributed by atoms with Crippen molar-refractivity contribution < 1.29 is 14.7 Å². The fourth-order valence-electron chi connectivity index (χ4n) is 3.76. The van der Waals surface area contributed by atoms with Gasteiger partial charge in [0.25, 0.3) is 5.91 Å². The highest BCUT2D eigenvalue weighted by molar-refractivity contribution is 6.00.